The van der Waals surface area contributed by atoms with E-state index in [1.54, 1.807) is 19.2 Å². The number of nitro groups is 1. The van der Waals surface area contributed by atoms with Gasteiger partial charge in [-0.05, 0) is 41.1 Å². The van der Waals surface area contributed by atoms with E-state index < -0.39 is 0 Å². The zero-order chi connectivity index (χ0) is 14.5. The lowest BCUT2D eigenvalue weighted by Gasteiger charge is -2.09. The van der Waals surface area contributed by atoms with Gasteiger partial charge < -0.3 is 5.32 Å². The summed E-state index contributed by atoms with van der Waals surface area (Å²) in [6.45, 7) is 2.45. The highest BCUT2D eigenvalue weighted by Crippen LogP contribution is 2.30. The van der Waals surface area contributed by atoms with Crippen LogP contribution in [0, 0.1) is 17.0 Å². The zero-order valence-corrected chi connectivity index (χ0v) is 12.6. The van der Waals surface area contributed by atoms with Crippen molar-refractivity contribution in [1.82, 2.24) is 4.98 Å². The first-order chi connectivity index (χ1) is 9.58. The highest BCUT2D eigenvalue weighted by Gasteiger charge is 2.13. The van der Waals surface area contributed by atoms with Gasteiger partial charge in [-0.15, -0.1) is 0 Å². The summed E-state index contributed by atoms with van der Waals surface area (Å²) in [6.07, 6.45) is 2.56. The van der Waals surface area contributed by atoms with Gasteiger partial charge in [0.25, 0.3) is 5.69 Å². The molecule has 0 aliphatic rings. The van der Waals surface area contributed by atoms with Crippen molar-refractivity contribution in [2.75, 3.05) is 11.9 Å². The van der Waals surface area contributed by atoms with Crippen molar-refractivity contribution in [1.29, 1.82) is 0 Å². The van der Waals surface area contributed by atoms with Crippen LogP contribution in [0.2, 0.25) is 0 Å². The molecule has 1 aromatic carbocycles. The van der Waals surface area contributed by atoms with Gasteiger partial charge in [-0.25, -0.2) is 0 Å². The summed E-state index contributed by atoms with van der Waals surface area (Å²) >= 11 is 3.35. The third kappa shape index (κ3) is 3.54. The number of nitro benzene ring substituents is 1. The third-order valence-corrected chi connectivity index (χ3v) is 3.56. The summed E-state index contributed by atoms with van der Waals surface area (Å²) in [5, 5.41) is 14.1. The Morgan fingerprint density at radius 3 is 2.85 bits per heavy atom. The second-order valence-corrected chi connectivity index (χ2v) is 5.23. The number of nitrogens with zero attached hydrogens (tertiary/aromatic N) is 2. The molecule has 0 unspecified atom stereocenters. The molecule has 104 valence electrons. The van der Waals surface area contributed by atoms with Crippen molar-refractivity contribution in [3.8, 4) is 0 Å². The fourth-order valence-electron chi connectivity index (χ4n) is 1.87. The smallest absolute Gasteiger partial charge is 0.273 e. The minimum Gasteiger partial charge on any atom is -0.384 e. The summed E-state index contributed by atoms with van der Waals surface area (Å²) in [5.74, 6) is 0. The normalized spacial score (nSPS) is 10.3. The number of pyridine rings is 1. The molecule has 0 radical (unpaired) electrons. The van der Waals surface area contributed by atoms with Gasteiger partial charge in [-0.1, -0.05) is 6.07 Å². The molecule has 2 rings (SSSR count). The number of hydrogen-bond donors (Lipinski definition) is 1. The van der Waals surface area contributed by atoms with Crippen molar-refractivity contribution < 1.29 is 4.92 Å². The molecule has 0 spiro atoms. The quantitative estimate of drug-likeness (QED) is 0.667. The lowest BCUT2D eigenvalue weighted by molar-refractivity contribution is -0.385. The van der Waals surface area contributed by atoms with Crippen LogP contribution in [-0.4, -0.2) is 16.5 Å². The molecule has 0 bridgehead atoms. The Bertz CT molecular complexity index is 617. The zero-order valence-electron chi connectivity index (χ0n) is 11.0. The average Bonchev–Trinajstić information content (AvgIpc) is 2.43. The van der Waals surface area contributed by atoms with Crippen LogP contribution >= 0.6 is 15.9 Å². The maximum atomic E-state index is 10.8. The van der Waals surface area contributed by atoms with Gasteiger partial charge in [0, 0.05) is 46.6 Å². The number of benzene rings is 1. The van der Waals surface area contributed by atoms with Gasteiger partial charge in [-0.2, -0.15) is 0 Å². The van der Waals surface area contributed by atoms with Crippen molar-refractivity contribution >= 4 is 27.3 Å². The minimum atomic E-state index is -0.377. The van der Waals surface area contributed by atoms with E-state index in [0.29, 0.717) is 16.6 Å². The first kappa shape index (κ1) is 14.5. The van der Waals surface area contributed by atoms with E-state index in [4.69, 9.17) is 0 Å². The number of rotatable bonds is 5. The average molecular weight is 336 g/mol. The van der Waals surface area contributed by atoms with Gasteiger partial charge in [0.15, 0.2) is 0 Å². The van der Waals surface area contributed by atoms with Crippen molar-refractivity contribution in [3.05, 3.63) is 62.4 Å². The highest BCUT2D eigenvalue weighted by atomic mass is 79.9. The summed E-state index contributed by atoms with van der Waals surface area (Å²) in [6, 6.07) is 9.11. The minimum absolute atomic E-state index is 0.118. The van der Waals surface area contributed by atoms with Crippen LogP contribution in [0.25, 0.3) is 0 Å². The second kappa shape index (κ2) is 6.47. The van der Waals surface area contributed by atoms with E-state index in [1.807, 2.05) is 18.2 Å². The van der Waals surface area contributed by atoms with Crippen LogP contribution < -0.4 is 5.32 Å². The van der Waals surface area contributed by atoms with E-state index in [1.165, 1.54) is 6.07 Å². The predicted molar refractivity (Wildman–Crippen MR) is 82.0 cm³/mol. The molecule has 0 aliphatic heterocycles. The first-order valence-electron chi connectivity index (χ1n) is 6.16. The summed E-state index contributed by atoms with van der Waals surface area (Å²) in [4.78, 5) is 14.7. The Hall–Kier alpha value is -1.95. The van der Waals surface area contributed by atoms with Crippen molar-refractivity contribution in [3.63, 3.8) is 0 Å². The Labute approximate surface area is 125 Å². The van der Waals surface area contributed by atoms with Gasteiger partial charge >= 0.3 is 0 Å². The molecule has 5 nitrogen and oxygen atoms in total. The fourth-order valence-corrected chi connectivity index (χ4v) is 2.35. The number of hydrogen-bond acceptors (Lipinski definition) is 4. The lowest BCUT2D eigenvalue weighted by Crippen LogP contribution is -2.07. The van der Waals surface area contributed by atoms with E-state index in [9.17, 15) is 10.1 Å². The molecule has 6 heteroatoms. The topological polar surface area (TPSA) is 68.1 Å². The van der Waals surface area contributed by atoms with E-state index in [2.05, 4.69) is 26.2 Å². The molecule has 1 heterocycles. The molecule has 0 saturated heterocycles. The predicted octanol–water partition coefficient (Wildman–Crippen LogP) is 3.72. The van der Waals surface area contributed by atoms with E-state index in [0.717, 1.165) is 17.8 Å². The molecule has 20 heavy (non-hydrogen) atoms. The maximum absolute atomic E-state index is 10.8. The standard InChI is InChI=1S/C14H14BrN3O2/c1-10-8-13(12(15)9-14(10)18(19)20)17-7-5-11-4-2-3-6-16-11/h2-4,6,8-9,17H,5,7H2,1H3. The van der Waals surface area contributed by atoms with Crippen molar-refractivity contribution in [2.45, 2.75) is 13.3 Å². The van der Waals surface area contributed by atoms with E-state index >= 15 is 0 Å². The Balaban J connectivity index is 2.03. The van der Waals surface area contributed by atoms with Crippen molar-refractivity contribution in [2.24, 2.45) is 0 Å². The monoisotopic (exact) mass is 335 g/mol. The summed E-state index contributed by atoms with van der Waals surface area (Å²) in [7, 11) is 0. The molecule has 2 aromatic rings. The molecule has 1 aromatic heterocycles. The van der Waals surface area contributed by atoms with Crippen LogP contribution in [0.1, 0.15) is 11.3 Å². The fraction of sp³-hybridized carbons (Fsp3) is 0.214. The molecule has 1 N–H and O–H groups in total. The molecule has 0 saturated carbocycles. The Morgan fingerprint density at radius 2 is 2.20 bits per heavy atom. The largest absolute Gasteiger partial charge is 0.384 e. The van der Waals surface area contributed by atoms with Gasteiger partial charge in [-0.3, -0.25) is 15.1 Å². The van der Waals surface area contributed by atoms with Crippen LogP contribution in [0.4, 0.5) is 11.4 Å². The number of aromatic nitrogens is 1. The Morgan fingerprint density at radius 1 is 1.40 bits per heavy atom. The van der Waals surface area contributed by atoms with E-state index in [-0.39, 0.29) is 10.6 Å². The molecule has 0 atom stereocenters. The molecule has 0 aliphatic carbocycles. The summed E-state index contributed by atoms with van der Waals surface area (Å²) < 4.78 is 0.691. The number of nitrogens with one attached hydrogen (secondary N) is 1. The molecule has 0 amide bonds. The third-order valence-electron chi connectivity index (χ3n) is 2.91. The van der Waals surface area contributed by atoms with Gasteiger partial charge in [0.2, 0.25) is 0 Å². The number of anilines is 1. The van der Waals surface area contributed by atoms with Crippen LogP contribution in [0.5, 0.6) is 0 Å². The van der Waals surface area contributed by atoms with Gasteiger partial charge in [0.05, 0.1) is 4.92 Å². The number of halogens is 1. The molecular weight excluding hydrogens is 322 g/mol. The maximum Gasteiger partial charge on any atom is 0.273 e. The van der Waals surface area contributed by atoms with Crippen LogP contribution in [0.3, 0.4) is 0 Å². The second-order valence-electron chi connectivity index (χ2n) is 4.37. The molecular formula is C14H14BrN3O2. The first-order valence-corrected chi connectivity index (χ1v) is 6.95. The highest BCUT2D eigenvalue weighted by molar-refractivity contribution is 9.10. The lowest BCUT2D eigenvalue weighted by atomic mass is 10.2. The number of aryl methyl sites for hydroxylation is 1. The van der Waals surface area contributed by atoms with Gasteiger partial charge in [0.1, 0.15) is 0 Å². The molecule has 0 fully saturated rings. The van der Waals surface area contributed by atoms with Crippen LogP contribution in [-0.2, 0) is 6.42 Å². The Kier molecular flexibility index (Phi) is 4.68. The van der Waals surface area contributed by atoms with Crippen LogP contribution in [0.15, 0.2) is 41.0 Å². The SMILES string of the molecule is Cc1cc(NCCc2ccccn2)c(Br)cc1[N+](=O)[O-]. The summed E-state index contributed by atoms with van der Waals surface area (Å²) in [5.41, 5.74) is 2.62.